The molecule has 0 saturated carbocycles. The van der Waals surface area contributed by atoms with Crippen LogP contribution in [-0.4, -0.2) is 9.78 Å². The van der Waals surface area contributed by atoms with Crippen molar-refractivity contribution in [2.75, 3.05) is 11.1 Å². The zero-order valence-corrected chi connectivity index (χ0v) is 10.5. The molecule has 0 saturated heterocycles. The van der Waals surface area contributed by atoms with E-state index in [9.17, 15) is 0 Å². The standard InChI is InChI=1S/C11H13BrN4/c1-16-11(4-5-15-16)14-7-8-6-9(13)2-3-10(8)12/h2-6,14H,7,13H2,1H3. The molecule has 2 rings (SSSR count). The Hall–Kier alpha value is -1.49. The van der Waals surface area contributed by atoms with Gasteiger partial charge in [-0.05, 0) is 23.8 Å². The number of anilines is 2. The van der Waals surface area contributed by atoms with Gasteiger partial charge in [0.05, 0.1) is 6.20 Å². The highest BCUT2D eigenvalue weighted by molar-refractivity contribution is 9.10. The summed E-state index contributed by atoms with van der Waals surface area (Å²) in [6.45, 7) is 0.713. The number of nitrogens with zero attached hydrogens (tertiary/aromatic N) is 2. The Labute approximate surface area is 103 Å². The molecule has 5 heteroatoms. The maximum Gasteiger partial charge on any atom is 0.124 e. The number of nitrogens with two attached hydrogens (primary N) is 1. The average molecular weight is 281 g/mol. The van der Waals surface area contributed by atoms with Crippen LogP contribution in [0, 0.1) is 0 Å². The van der Waals surface area contributed by atoms with Gasteiger partial charge in [0.1, 0.15) is 5.82 Å². The van der Waals surface area contributed by atoms with Crippen molar-refractivity contribution in [2.45, 2.75) is 6.54 Å². The minimum Gasteiger partial charge on any atom is -0.399 e. The minimum absolute atomic E-state index is 0.713. The van der Waals surface area contributed by atoms with E-state index in [1.54, 1.807) is 10.9 Å². The van der Waals surface area contributed by atoms with Gasteiger partial charge >= 0.3 is 0 Å². The molecule has 0 amide bonds. The summed E-state index contributed by atoms with van der Waals surface area (Å²) in [5, 5.41) is 7.38. The topological polar surface area (TPSA) is 55.9 Å². The second kappa shape index (κ2) is 4.57. The number of halogens is 1. The van der Waals surface area contributed by atoms with E-state index < -0.39 is 0 Å². The number of benzene rings is 1. The molecular weight excluding hydrogens is 268 g/mol. The molecule has 1 heterocycles. The number of hydrogen-bond donors (Lipinski definition) is 2. The average Bonchev–Trinajstić information content (AvgIpc) is 2.66. The number of rotatable bonds is 3. The van der Waals surface area contributed by atoms with Crippen molar-refractivity contribution in [1.82, 2.24) is 9.78 Å². The highest BCUT2D eigenvalue weighted by Gasteiger charge is 2.02. The summed E-state index contributed by atoms with van der Waals surface area (Å²) in [7, 11) is 1.90. The van der Waals surface area contributed by atoms with Crippen LogP contribution in [-0.2, 0) is 13.6 Å². The molecule has 0 aliphatic heterocycles. The van der Waals surface area contributed by atoms with Crippen molar-refractivity contribution in [1.29, 1.82) is 0 Å². The third-order valence-electron chi connectivity index (χ3n) is 2.35. The zero-order valence-electron chi connectivity index (χ0n) is 8.94. The van der Waals surface area contributed by atoms with E-state index in [4.69, 9.17) is 5.73 Å². The molecule has 0 atom stereocenters. The fourth-order valence-electron chi connectivity index (χ4n) is 1.46. The van der Waals surface area contributed by atoms with Gasteiger partial charge in [0.2, 0.25) is 0 Å². The van der Waals surface area contributed by atoms with Gasteiger partial charge in [-0.2, -0.15) is 5.10 Å². The molecule has 84 valence electrons. The van der Waals surface area contributed by atoms with Gasteiger partial charge in [0, 0.05) is 29.8 Å². The Bertz CT molecular complexity index is 492. The minimum atomic E-state index is 0.713. The normalized spacial score (nSPS) is 10.4. The Morgan fingerprint density at radius 1 is 1.44 bits per heavy atom. The number of hydrogen-bond acceptors (Lipinski definition) is 3. The quantitative estimate of drug-likeness (QED) is 0.849. The molecule has 0 unspecified atom stereocenters. The third-order valence-corrected chi connectivity index (χ3v) is 3.12. The number of nitrogens with one attached hydrogen (secondary N) is 1. The number of aromatic nitrogens is 2. The van der Waals surface area contributed by atoms with Crippen LogP contribution in [0.25, 0.3) is 0 Å². The van der Waals surface area contributed by atoms with E-state index in [-0.39, 0.29) is 0 Å². The van der Waals surface area contributed by atoms with Gasteiger partial charge in [0.15, 0.2) is 0 Å². The van der Waals surface area contributed by atoms with E-state index >= 15 is 0 Å². The van der Waals surface area contributed by atoms with E-state index in [0.717, 1.165) is 21.5 Å². The summed E-state index contributed by atoms with van der Waals surface area (Å²) >= 11 is 3.50. The molecule has 1 aromatic heterocycles. The van der Waals surface area contributed by atoms with Crippen LogP contribution >= 0.6 is 15.9 Å². The first-order chi connectivity index (χ1) is 7.66. The fraction of sp³-hybridized carbons (Fsp3) is 0.182. The first-order valence-corrected chi connectivity index (χ1v) is 5.72. The molecule has 4 nitrogen and oxygen atoms in total. The second-order valence-electron chi connectivity index (χ2n) is 3.54. The molecule has 3 N–H and O–H groups in total. The molecule has 0 radical (unpaired) electrons. The highest BCUT2D eigenvalue weighted by atomic mass is 79.9. The Kier molecular flexibility index (Phi) is 3.14. The fourth-order valence-corrected chi connectivity index (χ4v) is 1.85. The summed E-state index contributed by atoms with van der Waals surface area (Å²) in [5.74, 6) is 0.981. The lowest BCUT2D eigenvalue weighted by molar-refractivity contribution is 0.769. The molecule has 0 bridgehead atoms. The Morgan fingerprint density at radius 3 is 2.94 bits per heavy atom. The lowest BCUT2D eigenvalue weighted by Gasteiger charge is -2.08. The van der Waals surface area contributed by atoms with Crippen LogP contribution in [0.1, 0.15) is 5.56 Å². The first kappa shape index (κ1) is 11.0. The predicted molar refractivity (Wildman–Crippen MR) is 69.1 cm³/mol. The molecular formula is C11H13BrN4. The first-order valence-electron chi connectivity index (χ1n) is 4.92. The molecule has 1 aromatic carbocycles. The summed E-state index contributed by atoms with van der Waals surface area (Å²) in [6.07, 6.45) is 1.76. The Balaban J connectivity index is 2.10. The summed E-state index contributed by atoms with van der Waals surface area (Å²) in [4.78, 5) is 0. The smallest absolute Gasteiger partial charge is 0.124 e. The predicted octanol–water partition coefficient (Wildman–Crippen LogP) is 2.38. The third kappa shape index (κ3) is 2.36. The van der Waals surface area contributed by atoms with Crippen molar-refractivity contribution in [2.24, 2.45) is 7.05 Å². The van der Waals surface area contributed by atoms with Crippen molar-refractivity contribution in [3.63, 3.8) is 0 Å². The van der Waals surface area contributed by atoms with Crippen molar-refractivity contribution in [3.8, 4) is 0 Å². The second-order valence-corrected chi connectivity index (χ2v) is 4.40. The number of aryl methyl sites for hydroxylation is 1. The van der Waals surface area contributed by atoms with Crippen LogP contribution in [0.2, 0.25) is 0 Å². The van der Waals surface area contributed by atoms with Crippen LogP contribution in [0.3, 0.4) is 0 Å². The van der Waals surface area contributed by atoms with Gasteiger partial charge in [-0.3, -0.25) is 4.68 Å². The van der Waals surface area contributed by atoms with Gasteiger partial charge in [0.25, 0.3) is 0 Å². The number of nitrogen functional groups attached to an aromatic ring is 1. The maximum absolute atomic E-state index is 5.74. The highest BCUT2D eigenvalue weighted by Crippen LogP contribution is 2.20. The maximum atomic E-state index is 5.74. The van der Waals surface area contributed by atoms with Crippen LogP contribution in [0.5, 0.6) is 0 Å². The van der Waals surface area contributed by atoms with Gasteiger partial charge in [-0.25, -0.2) is 0 Å². The lowest BCUT2D eigenvalue weighted by Crippen LogP contribution is -2.05. The largest absolute Gasteiger partial charge is 0.399 e. The van der Waals surface area contributed by atoms with Crippen molar-refractivity contribution < 1.29 is 0 Å². The molecule has 16 heavy (non-hydrogen) atoms. The molecule has 0 aliphatic carbocycles. The van der Waals surface area contributed by atoms with Crippen LogP contribution in [0.4, 0.5) is 11.5 Å². The van der Waals surface area contributed by atoms with Crippen LogP contribution in [0.15, 0.2) is 34.9 Å². The van der Waals surface area contributed by atoms with Gasteiger partial charge < -0.3 is 11.1 Å². The summed E-state index contributed by atoms with van der Waals surface area (Å²) in [6, 6.07) is 7.71. The Morgan fingerprint density at radius 2 is 2.25 bits per heavy atom. The van der Waals surface area contributed by atoms with Gasteiger partial charge in [-0.1, -0.05) is 15.9 Å². The van der Waals surface area contributed by atoms with Crippen molar-refractivity contribution in [3.05, 3.63) is 40.5 Å². The SMILES string of the molecule is Cn1nccc1NCc1cc(N)ccc1Br. The zero-order chi connectivity index (χ0) is 11.5. The lowest BCUT2D eigenvalue weighted by atomic mass is 10.2. The van der Waals surface area contributed by atoms with Crippen LogP contribution < -0.4 is 11.1 Å². The van der Waals surface area contributed by atoms with E-state index in [2.05, 4.69) is 26.3 Å². The molecule has 2 aromatic rings. The monoisotopic (exact) mass is 280 g/mol. The molecule has 0 aliphatic rings. The van der Waals surface area contributed by atoms with E-state index in [0.29, 0.717) is 6.54 Å². The molecule has 0 spiro atoms. The summed E-state index contributed by atoms with van der Waals surface area (Å²) in [5.41, 5.74) is 7.63. The van der Waals surface area contributed by atoms with Crippen molar-refractivity contribution >= 4 is 27.4 Å². The molecule has 0 fully saturated rings. The van der Waals surface area contributed by atoms with E-state index in [1.165, 1.54) is 0 Å². The van der Waals surface area contributed by atoms with Gasteiger partial charge in [-0.15, -0.1) is 0 Å². The van der Waals surface area contributed by atoms with E-state index in [1.807, 2.05) is 31.3 Å². The summed E-state index contributed by atoms with van der Waals surface area (Å²) < 4.78 is 2.84.